The summed E-state index contributed by atoms with van der Waals surface area (Å²) in [6.07, 6.45) is 0. The first kappa shape index (κ1) is 10.7. The zero-order valence-electron chi connectivity index (χ0n) is 51.4. The van der Waals surface area contributed by atoms with Crippen molar-refractivity contribution in [2.75, 3.05) is 0 Å². The highest BCUT2D eigenvalue weighted by Crippen LogP contribution is 2.46. The van der Waals surface area contributed by atoms with Gasteiger partial charge in [0.05, 0.1) is 38.4 Å². The standard InChI is InChI=1S/C46H28O/c1-3-12-31-26-34(22-20-29(31)10-1)44-38-15-5-6-16-39(38)45(35-23-21-30-11-2-4-13-32(30)27-35)42-28-33(24-25-40(42)44)36-17-9-18-41-37-14-7-8-19-43(37)47-46(36)41/h1-28H/i1D,2D,3D,4D,5D,6D,7D,8D,9D,10D,11D,12D,13D,14D,15D,16D,17D,18D,19D,20D,21D,22D,23D,24D,25D,26D,27D,28D. The fourth-order valence-electron chi connectivity index (χ4n) is 5.66. The highest BCUT2D eigenvalue weighted by atomic mass is 16.3. The minimum absolute atomic E-state index is 0.446. The summed E-state index contributed by atoms with van der Waals surface area (Å²) in [7, 11) is 0. The Balaban J connectivity index is 1.59. The van der Waals surface area contributed by atoms with Crippen molar-refractivity contribution in [2.24, 2.45) is 0 Å². The van der Waals surface area contributed by atoms with Gasteiger partial charge in [-0.05, 0) is 95.1 Å². The molecule has 10 rings (SSSR count). The Morgan fingerprint density at radius 1 is 0.340 bits per heavy atom. The number of hydrogen-bond acceptors (Lipinski definition) is 1. The van der Waals surface area contributed by atoms with Crippen molar-refractivity contribution >= 4 is 65.0 Å². The largest absolute Gasteiger partial charge is 0.455 e. The Morgan fingerprint density at radius 3 is 1.53 bits per heavy atom. The third-order valence-electron chi connectivity index (χ3n) is 7.69. The molecule has 0 saturated heterocycles. The van der Waals surface area contributed by atoms with E-state index in [0.29, 0.717) is 0 Å². The molecule has 9 aromatic carbocycles. The molecule has 0 fully saturated rings. The van der Waals surface area contributed by atoms with Gasteiger partial charge in [0.25, 0.3) is 0 Å². The normalized spacial score (nSPS) is 20.2. The Morgan fingerprint density at radius 2 is 0.851 bits per heavy atom. The van der Waals surface area contributed by atoms with Crippen LogP contribution in [0.5, 0.6) is 0 Å². The Labute approximate surface area is 311 Å². The van der Waals surface area contributed by atoms with Crippen LogP contribution in [-0.2, 0) is 0 Å². The maximum atomic E-state index is 10.2. The van der Waals surface area contributed by atoms with Gasteiger partial charge in [-0.25, -0.2) is 0 Å². The first-order valence-electron chi connectivity index (χ1n) is 27.9. The van der Waals surface area contributed by atoms with E-state index < -0.39 is 268 Å². The Kier molecular flexibility index (Phi) is 2.31. The van der Waals surface area contributed by atoms with E-state index in [0.717, 1.165) is 0 Å². The summed E-state index contributed by atoms with van der Waals surface area (Å²) in [5.41, 5.74) is -6.18. The first-order chi connectivity index (χ1) is 35.0. The number of furan rings is 1. The Bertz CT molecular complexity index is 4440. The molecular formula is C46H28O. The molecule has 0 aliphatic rings. The predicted octanol–water partition coefficient (Wildman–Crippen LogP) is 13.2. The molecule has 0 N–H and O–H groups in total. The van der Waals surface area contributed by atoms with Crippen molar-refractivity contribution in [2.45, 2.75) is 0 Å². The van der Waals surface area contributed by atoms with Gasteiger partial charge in [0.15, 0.2) is 0 Å². The van der Waals surface area contributed by atoms with E-state index in [1.54, 1.807) is 0 Å². The fourth-order valence-corrected chi connectivity index (χ4v) is 5.66. The number of fused-ring (bicyclic) bond motifs is 7. The van der Waals surface area contributed by atoms with E-state index in [1.807, 2.05) is 0 Å². The van der Waals surface area contributed by atoms with Gasteiger partial charge in [-0.3, -0.25) is 0 Å². The zero-order valence-corrected chi connectivity index (χ0v) is 23.4. The van der Waals surface area contributed by atoms with Crippen LogP contribution in [0.2, 0.25) is 0 Å². The fraction of sp³-hybridized carbons (Fsp3) is 0. The van der Waals surface area contributed by atoms with Crippen LogP contribution < -0.4 is 0 Å². The summed E-state index contributed by atoms with van der Waals surface area (Å²) >= 11 is 0. The summed E-state index contributed by atoms with van der Waals surface area (Å²) in [6.45, 7) is 0. The third kappa shape index (κ3) is 4.03. The van der Waals surface area contributed by atoms with Gasteiger partial charge in [-0.2, -0.15) is 0 Å². The molecule has 1 aromatic heterocycles. The number of hydrogen-bond donors (Lipinski definition) is 0. The van der Waals surface area contributed by atoms with Gasteiger partial charge in [-0.1, -0.05) is 145 Å². The first-order valence-corrected chi connectivity index (χ1v) is 13.9. The van der Waals surface area contributed by atoms with Crippen LogP contribution in [0.1, 0.15) is 38.4 Å². The lowest BCUT2D eigenvalue weighted by Crippen LogP contribution is -1.92. The molecule has 0 unspecified atom stereocenters. The van der Waals surface area contributed by atoms with E-state index in [9.17, 15) is 15.1 Å². The SMILES string of the molecule is [2H]c1c([2H])c([2H])c2c(oc3c(-c4c([2H])c([2H])c5c(-c6c([2H])c([2H])c7c([2H])c([2H])c([2H])c([2H])c7c6[2H])c6c([2H])c([2H])c([2H])c([2H])c6c(-c6c([2H])c([2H])c7c([2H])c([2H])c([2H])c([2H])c7c6[2H])c5c4[2H])c([2H])c([2H])c([2H])c32)c1[2H]. The van der Waals surface area contributed by atoms with E-state index in [1.165, 1.54) is 0 Å². The molecule has 0 amide bonds. The molecule has 1 heterocycles. The summed E-state index contributed by atoms with van der Waals surface area (Å²) in [5, 5.41) is -6.79. The molecule has 1 heteroatoms. The molecule has 0 aliphatic carbocycles. The molecule has 0 bridgehead atoms. The van der Waals surface area contributed by atoms with Gasteiger partial charge in [0.1, 0.15) is 11.2 Å². The smallest absolute Gasteiger partial charge is 0.143 e. The van der Waals surface area contributed by atoms with Gasteiger partial charge in [0, 0.05) is 16.3 Å². The summed E-state index contributed by atoms with van der Waals surface area (Å²) in [6, 6.07) is -26.1. The molecule has 10 aromatic rings. The van der Waals surface area contributed by atoms with Crippen LogP contribution in [0.3, 0.4) is 0 Å². The van der Waals surface area contributed by atoms with E-state index in [-0.39, 0.29) is 0 Å². The Hall–Kier alpha value is -6.18. The minimum atomic E-state index is -1.11. The lowest BCUT2D eigenvalue weighted by Gasteiger charge is -2.19. The van der Waals surface area contributed by atoms with Gasteiger partial charge in [0.2, 0.25) is 0 Å². The average Bonchev–Trinajstić information content (AvgIpc) is 3.83. The van der Waals surface area contributed by atoms with Crippen LogP contribution in [0.4, 0.5) is 0 Å². The van der Waals surface area contributed by atoms with E-state index in [2.05, 4.69) is 0 Å². The van der Waals surface area contributed by atoms with Crippen molar-refractivity contribution in [3.63, 3.8) is 0 Å². The third-order valence-corrected chi connectivity index (χ3v) is 7.69. The maximum absolute atomic E-state index is 10.2. The molecule has 0 spiro atoms. The summed E-state index contributed by atoms with van der Waals surface area (Å²) in [4.78, 5) is 0. The summed E-state index contributed by atoms with van der Waals surface area (Å²) < 4.78 is 259. The van der Waals surface area contributed by atoms with Crippen LogP contribution >= 0.6 is 0 Å². The second-order valence-electron chi connectivity index (χ2n) is 10.3. The predicted molar refractivity (Wildman–Crippen MR) is 200 cm³/mol. The van der Waals surface area contributed by atoms with Crippen LogP contribution in [0.15, 0.2) is 174 Å². The molecule has 1 nitrogen and oxygen atoms in total. The second-order valence-corrected chi connectivity index (χ2v) is 10.3. The zero-order chi connectivity index (χ0) is 55.3. The number of para-hydroxylation sites is 2. The van der Waals surface area contributed by atoms with Gasteiger partial charge in [-0.15, -0.1) is 0 Å². The van der Waals surface area contributed by atoms with Crippen molar-refractivity contribution in [3.05, 3.63) is 169 Å². The highest BCUT2D eigenvalue weighted by molar-refractivity contribution is 6.23. The topological polar surface area (TPSA) is 13.1 Å². The monoisotopic (exact) mass is 624 g/mol. The molecular weight excluding hydrogens is 569 g/mol. The van der Waals surface area contributed by atoms with E-state index in [4.69, 9.17) is 27.7 Å². The van der Waals surface area contributed by atoms with Crippen LogP contribution in [-0.4, -0.2) is 0 Å². The van der Waals surface area contributed by atoms with E-state index >= 15 is 0 Å². The molecule has 47 heavy (non-hydrogen) atoms. The molecule has 0 atom stereocenters. The molecule has 0 saturated carbocycles. The van der Waals surface area contributed by atoms with Gasteiger partial charge >= 0.3 is 0 Å². The molecule has 0 radical (unpaired) electrons. The van der Waals surface area contributed by atoms with Crippen molar-refractivity contribution in [3.8, 4) is 33.4 Å². The van der Waals surface area contributed by atoms with Crippen molar-refractivity contribution < 1.29 is 42.8 Å². The molecule has 0 aliphatic heterocycles. The average molecular weight is 625 g/mol. The summed E-state index contributed by atoms with van der Waals surface area (Å²) in [5.74, 6) is 0. The van der Waals surface area contributed by atoms with Crippen LogP contribution in [0, 0.1) is 0 Å². The van der Waals surface area contributed by atoms with Gasteiger partial charge < -0.3 is 4.42 Å². The number of benzene rings is 9. The van der Waals surface area contributed by atoms with Crippen molar-refractivity contribution in [1.82, 2.24) is 0 Å². The quantitative estimate of drug-likeness (QED) is 0.178. The lowest BCUT2D eigenvalue weighted by molar-refractivity contribution is 0.670. The van der Waals surface area contributed by atoms with Crippen LogP contribution in [0.25, 0.3) is 98.4 Å². The highest BCUT2D eigenvalue weighted by Gasteiger charge is 2.19. The van der Waals surface area contributed by atoms with Crippen molar-refractivity contribution in [1.29, 1.82) is 0 Å². The maximum Gasteiger partial charge on any atom is 0.143 e. The molecule has 218 valence electrons. The lowest BCUT2D eigenvalue weighted by atomic mass is 9.84. The number of rotatable bonds is 3. The minimum Gasteiger partial charge on any atom is -0.455 e. The second kappa shape index (κ2) is 10.2.